The van der Waals surface area contributed by atoms with E-state index in [2.05, 4.69) is 4.99 Å². The normalized spacial score (nSPS) is 18.4. The average Bonchev–Trinajstić information content (AvgIpc) is 2.76. The summed E-state index contributed by atoms with van der Waals surface area (Å²) in [6.45, 7) is 0.434. The zero-order valence-electron chi connectivity index (χ0n) is 9.42. The van der Waals surface area contributed by atoms with Gasteiger partial charge in [0, 0.05) is 5.56 Å². The maximum absolute atomic E-state index is 10.5. The molecule has 1 aromatic carbocycles. The van der Waals surface area contributed by atoms with Gasteiger partial charge in [0.15, 0.2) is 5.90 Å². The van der Waals surface area contributed by atoms with E-state index in [4.69, 9.17) is 14.6 Å². The standard InChI is InChI=1S/C12H13NO4/c1-16-9-5-3-2-4-8(9)10-7-13-11(17-10)6-12(14)15/h2-5,10H,6-7H2,1H3,(H,14,15). The van der Waals surface area contributed by atoms with E-state index in [0.717, 1.165) is 11.3 Å². The minimum Gasteiger partial charge on any atom is -0.496 e. The Morgan fingerprint density at radius 3 is 3.06 bits per heavy atom. The highest BCUT2D eigenvalue weighted by molar-refractivity contribution is 5.94. The molecule has 1 aliphatic heterocycles. The molecule has 0 saturated heterocycles. The molecule has 1 N–H and O–H groups in total. The third kappa shape index (κ3) is 2.55. The van der Waals surface area contributed by atoms with Crippen LogP contribution in [-0.4, -0.2) is 30.6 Å². The van der Waals surface area contributed by atoms with Crippen molar-refractivity contribution in [3.8, 4) is 5.75 Å². The molecule has 0 amide bonds. The van der Waals surface area contributed by atoms with Gasteiger partial charge in [-0.3, -0.25) is 9.79 Å². The molecule has 1 heterocycles. The highest BCUT2D eigenvalue weighted by Gasteiger charge is 2.25. The van der Waals surface area contributed by atoms with Crippen LogP contribution in [0.4, 0.5) is 0 Å². The van der Waals surface area contributed by atoms with Gasteiger partial charge in [0.2, 0.25) is 0 Å². The molecule has 90 valence electrons. The molecule has 0 saturated carbocycles. The third-order valence-electron chi connectivity index (χ3n) is 2.50. The summed E-state index contributed by atoms with van der Waals surface area (Å²) in [6, 6.07) is 7.49. The summed E-state index contributed by atoms with van der Waals surface area (Å²) in [5.74, 6) is 0.0575. The van der Waals surface area contributed by atoms with Gasteiger partial charge in [-0.25, -0.2) is 0 Å². The van der Waals surface area contributed by atoms with Crippen molar-refractivity contribution in [1.29, 1.82) is 0 Å². The monoisotopic (exact) mass is 235 g/mol. The Balaban J connectivity index is 2.09. The van der Waals surface area contributed by atoms with E-state index >= 15 is 0 Å². The van der Waals surface area contributed by atoms with Crippen molar-refractivity contribution < 1.29 is 19.4 Å². The highest BCUT2D eigenvalue weighted by Crippen LogP contribution is 2.30. The number of hydrogen-bond acceptors (Lipinski definition) is 4. The number of methoxy groups -OCH3 is 1. The van der Waals surface area contributed by atoms with Crippen LogP contribution in [0.15, 0.2) is 29.3 Å². The number of nitrogens with zero attached hydrogens (tertiary/aromatic N) is 1. The van der Waals surface area contributed by atoms with E-state index in [1.165, 1.54) is 0 Å². The zero-order chi connectivity index (χ0) is 12.3. The third-order valence-corrected chi connectivity index (χ3v) is 2.50. The Morgan fingerprint density at radius 1 is 1.59 bits per heavy atom. The molecular formula is C12H13NO4. The molecule has 1 aliphatic rings. The first kappa shape index (κ1) is 11.4. The first-order chi connectivity index (χ1) is 8.20. The SMILES string of the molecule is COc1ccccc1C1CN=C(CC(=O)O)O1. The Morgan fingerprint density at radius 2 is 2.35 bits per heavy atom. The van der Waals surface area contributed by atoms with Crippen LogP contribution in [0.2, 0.25) is 0 Å². The smallest absolute Gasteiger partial charge is 0.312 e. The molecule has 5 heteroatoms. The van der Waals surface area contributed by atoms with Gasteiger partial charge in [0.05, 0.1) is 13.7 Å². The van der Waals surface area contributed by atoms with Crippen molar-refractivity contribution in [3.05, 3.63) is 29.8 Å². The van der Waals surface area contributed by atoms with E-state index in [1.54, 1.807) is 7.11 Å². The quantitative estimate of drug-likeness (QED) is 0.861. The molecule has 2 rings (SSSR count). The lowest BCUT2D eigenvalue weighted by Gasteiger charge is -2.14. The fourth-order valence-corrected chi connectivity index (χ4v) is 1.74. The number of carbonyl (C=O) groups is 1. The van der Waals surface area contributed by atoms with Crippen molar-refractivity contribution >= 4 is 11.9 Å². The van der Waals surface area contributed by atoms with E-state index in [1.807, 2.05) is 24.3 Å². The summed E-state index contributed by atoms with van der Waals surface area (Å²) in [5, 5.41) is 8.65. The number of ether oxygens (including phenoxy) is 2. The zero-order valence-corrected chi connectivity index (χ0v) is 9.42. The van der Waals surface area contributed by atoms with Crippen LogP contribution in [0, 0.1) is 0 Å². The van der Waals surface area contributed by atoms with Gasteiger partial charge in [-0.15, -0.1) is 0 Å². The predicted molar refractivity (Wildman–Crippen MR) is 61.4 cm³/mol. The molecule has 17 heavy (non-hydrogen) atoms. The molecule has 1 aromatic rings. The second-order valence-electron chi connectivity index (χ2n) is 3.65. The molecule has 0 bridgehead atoms. The lowest BCUT2D eigenvalue weighted by Crippen LogP contribution is -2.10. The van der Waals surface area contributed by atoms with Crippen LogP contribution < -0.4 is 4.74 Å². The minimum absolute atomic E-state index is 0.175. The van der Waals surface area contributed by atoms with E-state index in [0.29, 0.717) is 6.54 Å². The number of hydrogen-bond donors (Lipinski definition) is 1. The highest BCUT2D eigenvalue weighted by atomic mass is 16.5. The summed E-state index contributed by atoms with van der Waals surface area (Å²) in [6.07, 6.45) is -0.424. The summed E-state index contributed by atoms with van der Waals surface area (Å²) >= 11 is 0. The van der Waals surface area contributed by atoms with Gasteiger partial charge in [-0.1, -0.05) is 18.2 Å². The molecule has 0 radical (unpaired) electrons. The number of benzene rings is 1. The Kier molecular flexibility index (Phi) is 3.27. The number of rotatable bonds is 4. The summed E-state index contributed by atoms with van der Waals surface area (Å²) in [5.41, 5.74) is 0.888. The maximum atomic E-state index is 10.5. The summed E-state index contributed by atoms with van der Waals surface area (Å²) in [7, 11) is 1.59. The Labute approximate surface area is 98.7 Å². The number of carboxylic acids is 1. The van der Waals surface area contributed by atoms with Gasteiger partial charge < -0.3 is 14.6 Å². The van der Waals surface area contributed by atoms with Crippen molar-refractivity contribution in [1.82, 2.24) is 0 Å². The maximum Gasteiger partial charge on any atom is 0.312 e. The van der Waals surface area contributed by atoms with Crippen molar-refractivity contribution in [2.24, 2.45) is 4.99 Å². The number of aliphatic carboxylic acids is 1. The van der Waals surface area contributed by atoms with Gasteiger partial charge >= 0.3 is 5.97 Å². The van der Waals surface area contributed by atoms with Crippen LogP contribution in [-0.2, 0) is 9.53 Å². The first-order valence-corrected chi connectivity index (χ1v) is 5.25. The van der Waals surface area contributed by atoms with E-state index in [-0.39, 0.29) is 18.4 Å². The largest absolute Gasteiger partial charge is 0.496 e. The topological polar surface area (TPSA) is 68.1 Å². The molecule has 5 nitrogen and oxygen atoms in total. The minimum atomic E-state index is -0.940. The van der Waals surface area contributed by atoms with Crippen LogP contribution in [0.5, 0.6) is 5.75 Å². The number of aliphatic imine (C=N–C) groups is 1. The molecule has 1 atom stereocenters. The van der Waals surface area contributed by atoms with Gasteiger partial charge in [0.1, 0.15) is 18.3 Å². The second-order valence-corrected chi connectivity index (χ2v) is 3.65. The Bertz CT molecular complexity index is 456. The molecule has 0 fully saturated rings. The summed E-state index contributed by atoms with van der Waals surface area (Å²) in [4.78, 5) is 14.6. The van der Waals surface area contributed by atoms with Crippen LogP contribution >= 0.6 is 0 Å². The number of para-hydroxylation sites is 1. The Hall–Kier alpha value is -2.04. The van der Waals surface area contributed by atoms with Crippen LogP contribution in [0.3, 0.4) is 0 Å². The fraction of sp³-hybridized carbons (Fsp3) is 0.333. The molecule has 0 spiro atoms. The molecule has 0 aromatic heterocycles. The molecule has 1 unspecified atom stereocenters. The molecule has 0 aliphatic carbocycles. The van der Waals surface area contributed by atoms with Crippen LogP contribution in [0.1, 0.15) is 18.1 Å². The van der Waals surface area contributed by atoms with E-state index < -0.39 is 5.97 Å². The van der Waals surface area contributed by atoms with Crippen LogP contribution in [0.25, 0.3) is 0 Å². The summed E-state index contributed by atoms with van der Waals surface area (Å²) < 4.78 is 10.7. The second kappa shape index (κ2) is 4.86. The predicted octanol–water partition coefficient (Wildman–Crippen LogP) is 1.64. The fourth-order valence-electron chi connectivity index (χ4n) is 1.74. The lowest BCUT2D eigenvalue weighted by molar-refractivity contribution is -0.135. The lowest BCUT2D eigenvalue weighted by atomic mass is 10.1. The first-order valence-electron chi connectivity index (χ1n) is 5.25. The van der Waals surface area contributed by atoms with Crippen molar-refractivity contribution in [3.63, 3.8) is 0 Å². The number of carboxylic acid groups (broad SMARTS) is 1. The van der Waals surface area contributed by atoms with Crippen molar-refractivity contribution in [2.45, 2.75) is 12.5 Å². The van der Waals surface area contributed by atoms with Gasteiger partial charge in [-0.2, -0.15) is 0 Å². The van der Waals surface area contributed by atoms with E-state index in [9.17, 15) is 4.79 Å². The van der Waals surface area contributed by atoms with Gasteiger partial charge in [0.25, 0.3) is 0 Å². The molecular weight excluding hydrogens is 222 g/mol. The average molecular weight is 235 g/mol. The van der Waals surface area contributed by atoms with Crippen molar-refractivity contribution in [2.75, 3.05) is 13.7 Å². The van der Waals surface area contributed by atoms with Gasteiger partial charge in [-0.05, 0) is 6.07 Å².